The second-order valence-corrected chi connectivity index (χ2v) is 10.5. The minimum absolute atomic E-state index is 0.127. The Morgan fingerprint density at radius 3 is 2.36 bits per heavy atom. The van der Waals surface area contributed by atoms with Crippen molar-refractivity contribution in [1.82, 2.24) is 4.98 Å². The smallest absolute Gasteiger partial charge is 0.322 e. The van der Waals surface area contributed by atoms with E-state index in [-0.39, 0.29) is 15.8 Å². The Bertz CT molecular complexity index is 1630. The van der Waals surface area contributed by atoms with Gasteiger partial charge in [0.05, 0.1) is 26.6 Å². The molecule has 0 aliphatic heterocycles. The summed E-state index contributed by atoms with van der Waals surface area (Å²) in [5.74, 6) is -0.191. The van der Waals surface area contributed by atoms with Crippen LogP contribution in [-0.4, -0.2) is 15.8 Å². The molecule has 0 saturated carbocycles. The number of nitrogens with one attached hydrogen (secondary N) is 1. The van der Waals surface area contributed by atoms with Gasteiger partial charge in [0.15, 0.2) is 0 Å². The quantitative estimate of drug-likeness (QED) is 0.185. The molecule has 178 valence electrons. The molecule has 6 nitrogen and oxygen atoms in total. The lowest BCUT2D eigenvalue weighted by Crippen LogP contribution is -2.13. The third-order valence-corrected chi connectivity index (χ3v) is 7.88. The summed E-state index contributed by atoms with van der Waals surface area (Å²) in [6.07, 6.45) is 3.83. The highest BCUT2D eigenvalue weighted by atomic mass is 32.1. The Hall–Kier alpha value is -4.14. The molecule has 5 aromatic rings. The molecule has 0 aliphatic rings. The van der Waals surface area contributed by atoms with Crippen molar-refractivity contribution in [2.45, 2.75) is 13.8 Å². The van der Waals surface area contributed by atoms with Gasteiger partial charge in [-0.2, -0.15) is 0 Å². The number of carbonyl (C=O) groups excluding carboxylic acids is 1. The van der Waals surface area contributed by atoms with Crippen molar-refractivity contribution in [3.63, 3.8) is 0 Å². The Morgan fingerprint density at radius 1 is 0.889 bits per heavy atom. The first-order valence-electron chi connectivity index (χ1n) is 11.2. The van der Waals surface area contributed by atoms with E-state index in [9.17, 15) is 14.9 Å². The zero-order valence-corrected chi connectivity index (χ0v) is 21.2. The summed E-state index contributed by atoms with van der Waals surface area (Å²) in [6, 6.07) is 22.6. The van der Waals surface area contributed by atoms with Crippen LogP contribution in [0.5, 0.6) is 0 Å². The van der Waals surface area contributed by atoms with Crippen molar-refractivity contribution in [2.24, 2.45) is 0 Å². The average molecular weight is 512 g/mol. The van der Waals surface area contributed by atoms with Crippen LogP contribution in [0.15, 0.2) is 72.8 Å². The van der Waals surface area contributed by atoms with Gasteiger partial charge in [0, 0.05) is 26.9 Å². The van der Waals surface area contributed by atoms with Crippen molar-refractivity contribution in [3.8, 4) is 9.75 Å². The molecule has 3 aromatic heterocycles. The summed E-state index contributed by atoms with van der Waals surface area (Å²) in [5, 5.41) is 14.9. The van der Waals surface area contributed by atoms with Gasteiger partial charge >= 0.3 is 5.00 Å². The molecule has 0 saturated heterocycles. The summed E-state index contributed by atoms with van der Waals surface area (Å²) in [6.45, 7) is 4.00. The summed E-state index contributed by atoms with van der Waals surface area (Å²) >= 11 is 2.70. The van der Waals surface area contributed by atoms with Gasteiger partial charge in [0.1, 0.15) is 0 Å². The fourth-order valence-corrected chi connectivity index (χ4v) is 5.59. The highest BCUT2D eigenvalue weighted by Crippen LogP contribution is 2.37. The number of hydrogen-bond donors (Lipinski definition) is 1. The van der Waals surface area contributed by atoms with Crippen LogP contribution < -0.4 is 5.32 Å². The standard InChI is InChI=1S/C28H21N3O3S2/c1-17-3-6-19(7-4-17)30-28(32)23-16-20(29-24-11-5-18(2)15-22(23)24)8-9-21-10-12-25(35-21)26-13-14-27(36-26)31(33)34/h3-16H,1-2H3,(H,30,32)/b9-8+. The van der Waals surface area contributed by atoms with E-state index in [1.54, 1.807) is 23.5 Å². The molecule has 2 aromatic carbocycles. The third kappa shape index (κ3) is 5.10. The largest absolute Gasteiger partial charge is 0.324 e. The minimum atomic E-state index is -0.373. The second-order valence-electron chi connectivity index (χ2n) is 8.37. The van der Waals surface area contributed by atoms with Crippen molar-refractivity contribution < 1.29 is 9.72 Å². The van der Waals surface area contributed by atoms with E-state index >= 15 is 0 Å². The molecule has 1 amide bonds. The number of amides is 1. The van der Waals surface area contributed by atoms with E-state index in [0.717, 1.165) is 53.7 Å². The first kappa shape index (κ1) is 23.6. The van der Waals surface area contributed by atoms with E-state index in [1.165, 1.54) is 6.07 Å². The molecule has 36 heavy (non-hydrogen) atoms. The number of fused-ring (bicyclic) bond motifs is 1. The van der Waals surface area contributed by atoms with Crippen molar-refractivity contribution in [2.75, 3.05) is 5.32 Å². The van der Waals surface area contributed by atoms with Crippen LogP contribution in [0.4, 0.5) is 10.7 Å². The van der Waals surface area contributed by atoms with Crippen LogP contribution in [0.3, 0.4) is 0 Å². The Kier molecular flexibility index (Phi) is 6.45. The van der Waals surface area contributed by atoms with Gasteiger partial charge in [-0.05, 0) is 74.5 Å². The lowest BCUT2D eigenvalue weighted by atomic mass is 10.0. The number of hydrogen-bond acceptors (Lipinski definition) is 6. The molecule has 0 radical (unpaired) electrons. The molecule has 1 N–H and O–H groups in total. The number of nitro groups is 1. The molecule has 0 atom stereocenters. The van der Waals surface area contributed by atoms with E-state index in [2.05, 4.69) is 5.32 Å². The van der Waals surface area contributed by atoms with Gasteiger partial charge in [-0.25, -0.2) is 4.98 Å². The number of thiophene rings is 2. The first-order chi connectivity index (χ1) is 17.4. The SMILES string of the molecule is Cc1ccc(NC(=O)c2cc(/C=C/c3ccc(-c4ccc([N+](=O)[O-])s4)s3)nc3ccc(C)cc23)cc1. The molecular formula is C28H21N3O3S2. The zero-order valence-electron chi connectivity index (χ0n) is 19.5. The van der Waals surface area contributed by atoms with Crippen LogP contribution in [0.1, 0.15) is 32.1 Å². The number of rotatable bonds is 6. The maximum atomic E-state index is 13.3. The highest BCUT2D eigenvalue weighted by Gasteiger charge is 2.14. The van der Waals surface area contributed by atoms with Crippen molar-refractivity contribution in [1.29, 1.82) is 0 Å². The summed E-state index contributed by atoms with van der Waals surface area (Å²) in [4.78, 5) is 31.4. The average Bonchev–Trinajstić information content (AvgIpc) is 3.54. The Morgan fingerprint density at radius 2 is 1.61 bits per heavy atom. The molecule has 5 rings (SSSR count). The van der Waals surface area contributed by atoms with E-state index < -0.39 is 0 Å². The van der Waals surface area contributed by atoms with Gasteiger partial charge in [-0.15, -0.1) is 11.3 Å². The fraction of sp³-hybridized carbons (Fsp3) is 0.0714. The molecular weight excluding hydrogens is 490 g/mol. The van der Waals surface area contributed by atoms with Gasteiger partial charge in [-0.3, -0.25) is 14.9 Å². The van der Waals surface area contributed by atoms with Crippen LogP contribution in [0.2, 0.25) is 0 Å². The molecule has 8 heteroatoms. The lowest BCUT2D eigenvalue weighted by Gasteiger charge is -2.10. The normalized spacial score (nSPS) is 11.3. The molecule has 0 fully saturated rings. The monoisotopic (exact) mass is 511 g/mol. The van der Waals surface area contributed by atoms with Gasteiger partial charge < -0.3 is 5.32 Å². The molecule has 3 heterocycles. The molecule has 0 spiro atoms. The highest BCUT2D eigenvalue weighted by molar-refractivity contribution is 7.24. The predicted octanol–water partition coefficient (Wildman–Crippen LogP) is 7.97. The minimum Gasteiger partial charge on any atom is -0.322 e. The number of carbonyl (C=O) groups is 1. The number of aromatic nitrogens is 1. The maximum Gasteiger partial charge on any atom is 0.324 e. The fourth-order valence-electron chi connectivity index (χ4n) is 3.77. The van der Waals surface area contributed by atoms with Crippen LogP contribution in [-0.2, 0) is 0 Å². The van der Waals surface area contributed by atoms with Gasteiger partial charge in [0.25, 0.3) is 5.91 Å². The van der Waals surface area contributed by atoms with E-state index in [1.807, 2.05) is 80.6 Å². The Labute approximate surface area is 215 Å². The number of anilines is 1. The van der Waals surface area contributed by atoms with Crippen molar-refractivity contribution >= 4 is 62.3 Å². The summed E-state index contributed by atoms with van der Waals surface area (Å²) < 4.78 is 0. The number of aryl methyl sites for hydroxylation is 2. The Balaban J connectivity index is 1.45. The number of nitrogens with zero attached hydrogens (tertiary/aromatic N) is 2. The topological polar surface area (TPSA) is 85.1 Å². The molecule has 0 aliphatic carbocycles. The summed E-state index contributed by atoms with van der Waals surface area (Å²) in [7, 11) is 0. The maximum absolute atomic E-state index is 13.3. The molecule has 0 unspecified atom stereocenters. The van der Waals surface area contributed by atoms with Crippen LogP contribution in [0, 0.1) is 24.0 Å². The zero-order chi connectivity index (χ0) is 25.2. The lowest BCUT2D eigenvalue weighted by molar-refractivity contribution is -0.380. The van der Waals surface area contributed by atoms with Crippen molar-refractivity contribution in [3.05, 3.63) is 110 Å². The molecule has 0 bridgehead atoms. The predicted molar refractivity (Wildman–Crippen MR) is 149 cm³/mol. The van der Waals surface area contributed by atoms with Gasteiger partial charge in [0.2, 0.25) is 0 Å². The number of pyridine rings is 1. The van der Waals surface area contributed by atoms with E-state index in [0.29, 0.717) is 11.3 Å². The van der Waals surface area contributed by atoms with E-state index in [4.69, 9.17) is 4.98 Å². The van der Waals surface area contributed by atoms with Crippen LogP contribution in [0.25, 0.3) is 32.8 Å². The third-order valence-electron chi connectivity index (χ3n) is 5.60. The number of benzene rings is 2. The summed E-state index contributed by atoms with van der Waals surface area (Å²) in [5.41, 5.74) is 4.88. The van der Waals surface area contributed by atoms with Crippen LogP contribution >= 0.6 is 22.7 Å². The second kappa shape index (κ2) is 9.85. The first-order valence-corrected chi connectivity index (χ1v) is 12.8. The van der Waals surface area contributed by atoms with Gasteiger partial charge in [-0.1, -0.05) is 40.7 Å².